The molecule has 1 fully saturated rings. The van der Waals surface area contributed by atoms with Gasteiger partial charge in [0.1, 0.15) is 5.75 Å². The number of amides is 2. The molecular weight excluding hydrogens is 414 g/mol. The summed E-state index contributed by atoms with van der Waals surface area (Å²) in [6.45, 7) is 0.00396. The predicted octanol–water partition coefficient (Wildman–Crippen LogP) is 5.08. The van der Waals surface area contributed by atoms with Crippen LogP contribution < -0.4 is 20.7 Å². The van der Waals surface area contributed by atoms with E-state index < -0.39 is 0 Å². The number of para-hydroxylation sites is 1. The summed E-state index contributed by atoms with van der Waals surface area (Å²) >= 11 is 6.12. The first kappa shape index (κ1) is 20.8. The zero-order chi connectivity index (χ0) is 21.6. The molecule has 3 N–H and O–H groups in total. The van der Waals surface area contributed by atoms with Crippen LogP contribution in [0.1, 0.15) is 23.2 Å². The fraction of sp³-hybridized carbons (Fsp3) is 0.167. The lowest BCUT2D eigenvalue weighted by molar-refractivity contribution is -0.114. The van der Waals surface area contributed by atoms with Crippen LogP contribution in [0.3, 0.4) is 0 Å². The van der Waals surface area contributed by atoms with Gasteiger partial charge in [-0.25, -0.2) is 0 Å². The molecule has 0 aliphatic heterocycles. The normalized spacial score (nSPS) is 12.7. The first-order chi connectivity index (χ1) is 15.1. The van der Waals surface area contributed by atoms with Gasteiger partial charge in [-0.2, -0.15) is 0 Å². The number of carbonyl (C=O) groups excluding carboxylic acids is 2. The molecule has 6 nitrogen and oxygen atoms in total. The molecule has 0 bridgehead atoms. The fourth-order valence-electron chi connectivity index (χ4n) is 2.96. The molecule has 0 aromatic heterocycles. The molecule has 0 atom stereocenters. The third-order valence-corrected chi connectivity index (χ3v) is 4.91. The smallest absolute Gasteiger partial charge is 0.251 e. The third-order valence-electron chi connectivity index (χ3n) is 4.67. The maximum atomic E-state index is 12.5. The molecule has 7 heteroatoms. The Balaban J connectivity index is 1.37. The predicted molar refractivity (Wildman–Crippen MR) is 122 cm³/mol. The second kappa shape index (κ2) is 9.53. The van der Waals surface area contributed by atoms with Crippen LogP contribution in [0.25, 0.3) is 0 Å². The van der Waals surface area contributed by atoms with Gasteiger partial charge in [-0.1, -0.05) is 35.9 Å². The average Bonchev–Trinajstić information content (AvgIpc) is 3.59. The molecule has 0 heterocycles. The number of hydrogen-bond acceptors (Lipinski definition) is 4. The molecule has 1 aliphatic carbocycles. The summed E-state index contributed by atoms with van der Waals surface area (Å²) in [5, 5.41) is 9.33. The van der Waals surface area contributed by atoms with Gasteiger partial charge in [-0.3, -0.25) is 9.59 Å². The second-order valence-corrected chi connectivity index (χ2v) is 7.72. The number of hydrogen-bond donors (Lipinski definition) is 3. The van der Waals surface area contributed by atoms with Crippen molar-refractivity contribution in [2.75, 3.05) is 17.2 Å². The van der Waals surface area contributed by atoms with Crippen molar-refractivity contribution in [2.45, 2.75) is 18.9 Å². The highest BCUT2D eigenvalue weighted by Gasteiger charge is 2.23. The highest BCUT2D eigenvalue weighted by atomic mass is 35.5. The first-order valence-corrected chi connectivity index (χ1v) is 10.4. The summed E-state index contributed by atoms with van der Waals surface area (Å²) < 4.78 is 5.90. The van der Waals surface area contributed by atoms with E-state index in [1.807, 2.05) is 30.3 Å². The van der Waals surface area contributed by atoms with Crippen molar-refractivity contribution < 1.29 is 14.3 Å². The molecule has 0 spiro atoms. The average molecular weight is 436 g/mol. The van der Waals surface area contributed by atoms with Crippen molar-refractivity contribution in [1.82, 2.24) is 5.32 Å². The van der Waals surface area contributed by atoms with Gasteiger partial charge in [0, 0.05) is 22.3 Å². The lowest BCUT2D eigenvalue weighted by atomic mass is 10.2. The van der Waals surface area contributed by atoms with Crippen LogP contribution in [-0.2, 0) is 4.79 Å². The minimum absolute atomic E-state index is 0.00396. The molecule has 3 aromatic rings. The Morgan fingerprint density at radius 1 is 0.968 bits per heavy atom. The number of halogens is 1. The van der Waals surface area contributed by atoms with Crippen molar-refractivity contribution in [3.8, 4) is 11.5 Å². The van der Waals surface area contributed by atoms with E-state index in [2.05, 4.69) is 16.0 Å². The summed E-state index contributed by atoms with van der Waals surface area (Å²) in [6, 6.07) is 21.7. The summed E-state index contributed by atoms with van der Waals surface area (Å²) in [7, 11) is 0. The van der Waals surface area contributed by atoms with Crippen molar-refractivity contribution in [3.63, 3.8) is 0 Å². The number of anilines is 2. The fourth-order valence-corrected chi connectivity index (χ4v) is 3.13. The Morgan fingerprint density at radius 2 is 1.77 bits per heavy atom. The maximum absolute atomic E-state index is 12.5. The number of rotatable bonds is 8. The van der Waals surface area contributed by atoms with Gasteiger partial charge in [0.25, 0.3) is 5.91 Å². The zero-order valence-electron chi connectivity index (χ0n) is 16.7. The summed E-state index contributed by atoms with van der Waals surface area (Å²) in [5.74, 6) is 0.851. The van der Waals surface area contributed by atoms with E-state index >= 15 is 0 Å². The Morgan fingerprint density at radius 3 is 2.55 bits per heavy atom. The lowest BCUT2D eigenvalue weighted by Gasteiger charge is -2.14. The highest BCUT2D eigenvalue weighted by Crippen LogP contribution is 2.31. The molecule has 2 amide bonds. The third kappa shape index (κ3) is 5.99. The topological polar surface area (TPSA) is 79.5 Å². The quantitative estimate of drug-likeness (QED) is 0.461. The van der Waals surface area contributed by atoms with Gasteiger partial charge in [0.2, 0.25) is 5.91 Å². The van der Waals surface area contributed by atoms with E-state index in [9.17, 15) is 9.59 Å². The second-order valence-electron chi connectivity index (χ2n) is 7.29. The van der Waals surface area contributed by atoms with Crippen LogP contribution in [-0.4, -0.2) is 24.4 Å². The maximum Gasteiger partial charge on any atom is 0.251 e. The molecule has 0 saturated heterocycles. The van der Waals surface area contributed by atoms with Crippen molar-refractivity contribution in [3.05, 3.63) is 83.4 Å². The van der Waals surface area contributed by atoms with Gasteiger partial charge in [0.15, 0.2) is 5.75 Å². The van der Waals surface area contributed by atoms with Gasteiger partial charge >= 0.3 is 0 Å². The number of nitrogens with one attached hydrogen (secondary N) is 3. The van der Waals surface area contributed by atoms with Crippen LogP contribution in [0.15, 0.2) is 72.8 Å². The molecule has 4 rings (SSSR count). The van der Waals surface area contributed by atoms with Crippen molar-refractivity contribution in [2.24, 2.45) is 0 Å². The van der Waals surface area contributed by atoms with E-state index in [4.69, 9.17) is 16.3 Å². The molecule has 1 aliphatic rings. The minimum Gasteiger partial charge on any atom is -0.455 e. The number of carbonyl (C=O) groups is 2. The Bertz CT molecular complexity index is 1080. The lowest BCUT2D eigenvalue weighted by Crippen LogP contribution is -2.26. The Kier molecular flexibility index (Phi) is 6.38. The molecule has 31 heavy (non-hydrogen) atoms. The number of benzene rings is 3. The van der Waals surface area contributed by atoms with E-state index in [1.54, 1.807) is 42.5 Å². The van der Waals surface area contributed by atoms with Crippen LogP contribution in [0, 0.1) is 0 Å². The summed E-state index contributed by atoms with van der Waals surface area (Å²) in [6.07, 6.45) is 2.04. The summed E-state index contributed by atoms with van der Waals surface area (Å²) in [5.41, 5.74) is 1.68. The monoisotopic (exact) mass is 435 g/mol. The van der Waals surface area contributed by atoms with Crippen LogP contribution in [0.2, 0.25) is 5.02 Å². The van der Waals surface area contributed by atoms with E-state index in [0.717, 1.165) is 12.8 Å². The highest BCUT2D eigenvalue weighted by molar-refractivity contribution is 6.31. The zero-order valence-corrected chi connectivity index (χ0v) is 17.5. The van der Waals surface area contributed by atoms with Crippen LogP contribution >= 0.6 is 11.6 Å². The molecule has 3 aromatic carbocycles. The molecular formula is C24H22ClN3O3. The Labute approximate surface area is 185 Å². The standard InChI is InChI=1S/C24H22ClN3O3/c25-17-9-12-22(31-20-7-2-1-3-8-20)21(14-17)26-15-23(29)27-19-6-4-5-16(13-19)24(30)28-18-10-11-18/h1-9,12-14,18,26H,10-11,15H2,(H,27,29)(H,28,30). The van der Waals surface area contributed by atoms with Gasteiger partial charge < -0.3 is 20.7 Å². The number of ether oxygens (including phenoxy) is 1. The SMILES string of the molecule is O=C(CNc1cc(Cl)ccc1Oc1ccccc1)Nc1cccc(C(=O)NC2CC2)c1. The minimum atomic E-state index is -0.259. The molecule has 0 unspecified atom stereocenters. The summed E-state index contributed by atoms with van der Waals surface area (Å²) in [4.78, 5) is 24.7. The largest absolute Gasteiger partial charge is 0.455 e. The van der Waals surface area contributed by atoms with Crippen molar-refractivity contribution >= 4 is 34.8 Å². The van der Waals surface area contributed by atoms with Gasteiger partial charge in [-0.05, 0) is 61.4 Å². The molecule has 1 saturated carbocycles. The van der Waals surface area contributed by atoms with Crippen LogP contribution in [0.4, 0.5) is 11.4 Å². The van der Waals surface area contributed by atoms with Gasteiger partial charge in [0.05, 0.1) is 12.2 Å². The Hall–Kier alpha value is -3.51. The first-order valence-electron chi connectivity index (χ1n) is 10.0. The molecule has 0 radical (unpaired) electrons. The van der Waals surface area contributed by atoms with E-state index in [0.29, 0.717) is 33.5 Å². The molecule has 158 valence electrons. The van der Waals surface area contributed by atoms with E-state index in [1.165, 1.54) is 0 Å². The van der Waals surface area contributed by atoms with E-state index in [-0.39, 0.29) is 24.4 Å². The van der Waals surface area contributed by atoms with Gasteiger partial charge in [-0.15, -0.1) is 0 Å². The van der Waals surface area contributed by atoms with Crippen LogP contribution in [0.5, 0.6) is 11.5 Å². The van der Waals surface area contributed by atoms with Crippen molar-refractivity contribution in [1.29, 1.82) is 0 Å².